The van der Waals surface area contributed by atoms with Gasteiger partial charge in [0.05, 0.1) is 36.7 Å². The van der Waals surface area contributed by atoms with Crippen molar-refractivity contribution in [3.8, 4) is 11.5 Å². The molecule has 0 saturated heterocycles. The van der Waals surface area contributed by atoms with E-state index in [1.165, 1.54) is 38.7 Å². The van der Waals surface area contributed by atoms with Crippen LogP contribution in [0.3, 0.4) is 0 Å². The zero-order chi connectivity index (χ0) is 24.0. The number of hydrogen-bond donors (Lipinski definition) is 0. The number of nitrogens with zero attached hydrogens (tertiary/aromatic N) is 2. The van der Waals surface area contributed by atoms with E-state index in [1.807, 2.05) is 0 Å². The highest BCUT2D eigenvalue weighted by molar-refractivity contribution is 7.20. The fraction of sp³-hybridized carbons (Fsp3) is 0.158. The smallest absolute Gasteiger partial charge is 0.348 e. The van der Waals surface area contributed by atoms with Crippen LogP contribution in [0.5, 0.6) is 11.5 Å². The van der Waals surface area contributed by atoms with Crippen molar-refractivity contribution >= 4 is 45.1 Å². The summed E-state index contributed by atoms with van der Waals surface area (Å²) < 4.78 is 27.8. The van der Waals surface area contributed by atoms with Gasteiger partial charge in [-0.2, -0.15) is 0 Å². The molecule has 0 atom stereocenters. The van der Waals surface area contributed by atoms with Crippen molar-refractivity contribution in [1.29, 1.82) is 0 Å². The van der Waals surface area contributed by atoms with Crippen molar-refractivity contribution < 1.29 is 38.0 Å². The molecule has 0 radical (unpaired) electrons. The molecule has 1 aromatic heterocycles. The van der Waals surface area contributed by atoms with E-state index in [-0.39, 0.29) is 29.0 Å². The Morgan fingerprint density at radius 2 is 1.53 bits per heavy atom. The van der Waals surface area contributed by atoms with Crippen LogP contribution in [-0.4, -0.2) is 43.4 Å². The third kappa shape index (κ3) is 5.13. The standard InChI is InChI=1S/C11H9NO5S.C8H6FNO4/c1-16-8-5-9-6(3-7(8)12(14)15)4-10(18-9)11(13)17-2;1-14-8-3-6(9)5(4-11)2-7(8)10(12)13/h3-5H,1-2H3;2-4H,1H3. The molecule has 0 unspecified atom stereocenters. The van der Waals surface area contributed by atoms with Crippen LogP contribution in [-0.2, 0) is 4.74 Å². The number of thiophene rings is 1. The van der Waals surface area contributed by atoms with Crippen molar-refractivity contribution in [2.45, 2.75) is 0 Å². The molecule has 0 spiro atoms. The Balaban J connectivity index is 0.000000235. The van der Waals surface area contributed by atoms with Crippen molar-refractivity contribution in [2.24, 2.45) is 0 Å². The Morgan fingerprint density at radius 3 is 2.03 bits per heavy atom. The minimum absolute atomic E-state index is 0.126. The molecular formula is C19H15FN2O9S. The van der Waals surface area contributed by atoms with Gasteiger partial charge in [0, 0.05) is 34.4 Å². The van der Waals surface area contributed by atoms with Crippen LogP contribution < -0.4 is 9.47 Å². The average molecular weight is 466 g/mol. The molecular weight excluding hydrogens is 451 g/mol. The molecule has 0 aliphatic rings. The number of carbonyl (C=O) groups is 2. The zero-order valence-electron chi connectivity index (χ0n) is 16.8. The zero-order valence-corrected chi connectivity index (χ0v) is 17.6. The molecule has 0 N–H and O–H groups in total. The third-order valence-corrected chi connectivity index (χ3v) is 5.10. The molecule has 1 heterocycles. The van der Waals surface area contributed by atoms with E-state index in [4.69, 9.17) is 4.74 Å². The number of benzene rings is 2. The maximum atomic E-state index is 12.9. The lowest BCUT2D eigenvalue weighted by Gasteiger charge is -2.02. The van der Waals surface area contributed by atoms with Gasteiger partial charge in [0.15, 0.2) is 17.8 Å². The Bertz CT molecular complexity index is 1210. The summed E-state index contributed by atoms with van der Waals surface area (Å²) in [6.07, 6.45) is 0.210. The fourth-order valence-corrected chi connectivity index (χ4v) is 3.51. The monoisotopic (exact) mass is 466 g/mol. The third-order valence-electron chi connectivity index (χ3n) is 4.02. The summed E-state index contributed by atoms with van der Waals surface area (Å²) >= 11 is 1.20. The van der Waals surface area contributed by atoms with Crippen LogP contribution in [0.25, 0.3) is 10.1 Å². The molecule has 13 heteroatoms. The summed E-state index contributed by atoms with van der Waals surface area (Å²) in [5, 5.41) is 21.9. The van der Waals surface area contributed by atoms with Gasteiger partial charge in [-0.25, -0.2) is 9.18 Å². The number of ether oxygens (including phenoxy) is 3. The molecule has 3 rings (SSSR count). The summed E-state index contributed by atoms with van der Waals surface area (Å²) in [5.41, 5.74) is -0.923. The number of hydrogen-bond acceptors (Lipinski definition) is 10. The van der Waals surface area contributed by atoms with E-state index < -0.39 is 27.3 Å². The molecule has 0 amide bonds. The second-order valence-corrected chi connectivity index (χ2v) is 6.93. The van der Waals surface area contributed by atoms with Gasteiger partial charge in [-0.3, -0.25) is 25.0 Å². The molecule has 2 aromatic carbocycles. The molecule has 168 valence electrons. The molecule has 0 aliphatic heterocycles. The van der Waals surface area contributed by atoms with Gasteiger partial charge in [-0.1, -0.05) is 0 Å². The lowest BCUT2D eigenvalue weighted by molar-refractivity contribution is -0.385. The van der Waals surface area contributed by atoms with Gasteiger partial charge in [-0.15, -0.1) is 11.3 Å². The number of fused-ring (bicyclic) bond motifs is 1. The highest BCUT2D eigenvalue weighted by atomic mass is 32.1. The molecule has 0 aliphatic carbocycles. The first-order valence-corrected chi connectivity index (χ1v) is 9.29. The predicted molar refractivity (Wildman–Crippen MR) is 111 cm³/mol. The summed E-state index contributed by atoms with van der Waals surface area (Å²) in [6, 6.07) is 6.14. The van der Waals surface area contributed by atoms with Crippen LogP contribution in [0.15, 0.2) is 30.3 Å². The van der Waals surface area contributed by atoms with Gasteiger partial charge < -0.3 is 14.2 Å². The van der Waals surface area contributed by atoms with E-state index in [0.717, 1.165) is 16.8 Å². The summed E-state index contributed by atoms with van der Waals surface area (Å²) in [5.74, 6) is -1.34. The van der Waals surface area contributed by atoms with Crippen molar-refractivity contribution in [2.75, 3.05) is 21.3 Å². The Kier molecular flexibility index (Phi) is 7.74. The maximum Gasteiger partial charge on any atom is 0.348 e. The maximum absolute atomic E-state index is 12.9. The van der Waals surface area contributed by atoms with E-state index in [2.05, 4.69) is 9.47 Å². The number of carbonyl (C=O) groups excluding carboxylic acids is 2. The fourth-order valence-electron chi connectivity index (χ4n) is 2.52. The Hall–Kier alpha value is -4.13. The van der Waals surface area contributed by atoms with Gasteiger partial charge >= 0.3 is 17.3 Å². The average Bonchev–Trinajstić information content (AvgIpc) is 3.20. The van der Waals surface area contributed by atoms with Crippen LogP contribution in [0.1, 0.15) is 20.0 Å². The topological polar surface area (TPSA) is 148 Å². The Labute approximate surface area is 183 Å². The van der Waals surface area contributed by atoms with Crippen LogP contribution >= 0.6 is 11.3 Å². The van der Waals surface area contributed by atoms with Crippen LogP contribution in [0, 0.1) is 26.0 Å². The molecule has 3 aromatic rings. The first kappa shape index (κ1) is 24.1. The predicted octanol–water partition coefficient (Wildman–Crippen LogP) is 4.16. The van der Waals surface area contributed by atoms with Crippen LogP contribution in [0.2, 0.25) is 0 Å². The number of rotatable bonds is 6. The van der Waals surface area contributed by atoms with Gasteiger partial charge in [0.2, 0.25) is 0 Å². The second kappa shape index (κ2) is 10.3. The largest absolute Gasteiger partial charge is 0.490 e. The number of halogens is 1. The SMILES string of the molecule is COC(=O)c1cc2cc([N+](=O)[O-])c(OC)cc2s1.COc1cc(F)c(C=O)cc1[N+](=O)[O-]. The minimum Gasteiger partial charge on any atom is -0.490 e. The van der Waals surface area contributed by atoms with Crippen molar-refractivity contribution in [1.82, 2.24) is 0 Å². The van der Waals surface area contributed by atoms with Crippen molar-refractivity contribution in [3.63, 3.8) is 0 Å². The van der Waals surface area contributed by atoms with Crippen molar-refractivity contribution in [3.05, 3.63) is 66.8 Å². The van der Waals surface area contributed by atoms with E-state index in [0.29, 0.717) is 10.3 Å². The number of nitro groups is 2. The number of methoxy groups -OCH3 is 3. The lowest BCUT2D eigenvalue weighted by Crippen LogP contribution is -1.97. The first-order chi connectivity index (χ1) is 15.2. The first-order valence-electron chi connectivity index (χ1n) is 8.48. The summed E-state index contributed by atoms with van der Waals surface area (Å²) in [7, 11) is 3.83. The molecule has 0 saturated carbocycles. The molecule has 0 bridgehead atoms. The quantitative estimate of drug-likeness (QED) is 0.226. The Morgan fingerprint density at radius 1 is 0.969 bits per heavy atom. The normalized spacial score (nSPS) is 10.0. The van der Waals surface area contributed by atoms with E-state index in [1.54, 1.807) is 12.1 Å². The number of nitro benzene ring substituents is 2. The van der Waals surface area contributed by atoms with Gasteiger partial charge in [0.1, 0.15) is 10.7 Å². The second-order valence-electron chi connectivity index (χ2n) is 5.84. The number of esters is 1. The van der Waals surface area contributed by atoms with Gasteiger partial charge in [0.25, 0.3) is 0 Å². The summed E-state index contributed by atoms with van der Waals surface area (Å²) in [4.78, 5) is 42.1. The van der Waals surface area contributed by atoms with Crippen LogP contribution in [0.4, 0.5) is 15.8 Å². The highest BCUT2D eigenvalue weighted by Crippen LogP contribution is 2.36. The minimum atomic E-state index is -0.845. The van der Waals surface area contributed by atoms with Gasteiger partial charge in [-0.05, 0) is 6.07 Å². The molecule has 11 nitrogen and oxygen atoms in total. The molecule has 32 heavy (non-hydrogen) atoms. The van der Waals surface area contributed by atoms with E-state index in [9.17, 15) is 34.2 Å². The summed E-state index contributed by atoms with van der Waals surface area (Å²) in [6.45, 7) is 0. The molecule has 0 fully saturated rings. The lowest BCUT2D eigenvalue weighted by atomic mass is 10.2. The highest BCUT2D eigenvalue weighted by Gasteiger charge is 2.20. The van der Waals surface area contributed by atoms with E-state index >= 15 is 0 Å². The number of aldehydes is 1.